The Labute approximate surface area is 124 Å². The van der Waals surface area contributed by atoms with E-state index < -0.39 is 17.9 Å². The predicted octanol–water partition coefficient (Wildman–Crippen LogP) is 3.14. The van der Waals surface area contributed by atoms with E-state index in [4.69, 9.17) is 32.7 Å². The molecule has 0 spiro atoms. The molecule has 5 nitrogen and oxygen atoms in total. The topological polar surface area (TPSA) is 79.5 Å². The number of halogens is 2. The second-order valence-electron chi connectivity index (χ2n) is 3.92. The summed E-state index contributed by atoms with van der Waals surface area (Å²) in [6.07, 6.45) is 1.33. The molecule has 0 bridgehead atoms. The van der Waals surface area contributed by atoms with Crippen molar-refractivity contribution < 1.29 is 19.1 Å². The molecule has 0 radical (unpaired) electrons. The first-order chi connectivity index (χ1) is 9.47. The summed E-state index contributed by atoms with van der Waals surface area (Å²) < 4.78 is 4.99. The van der Waals surface area contributed by atoms with Crippen molar-refractivity contribution in [1.29, 1.82) is 0 Å². The van der Waals surface area contributed by atoms with Crippen LogP contribution in [0.3, 0.4) is 0 Å². The minimum Gasteiger partial charge on any atom is -0.479 e. The molecule has 104 valence electrons. The van der Waals surface area contributed by atoms with E-state index in [9.17, 15) is 9.59 Å². The molecule has 0 saturated heterocycles. The zero-order chi connectivity index (χ0) is 14.7. The number of hydrogen-bond acceptors (Lipinski definition) is 3. The zero-order valence-electron chi connectivity index (χ0n) is 9.97. The van der Waals surface area contributed by atoms with Crippen LogP contribution < -0.4 is 5.32 Å². The van der Waals surface area contributed by atoms with Gasteiger partial charge in [-0.15, -0.1) is 0 Å². The fourth-order valence-electron chi connectivity index (χ4n) is 1.61. The number of furan rings is 1. The number of amides is 1. The molecule has 0 aliphatic rings. The molecule has 1 aromatic heterocycles. The van der Waals surface area contributed by atoms with E-state index in [2.05, 4.69) is 5.32 Å². The lowest BCUT2D eigenvalue weighted by atomic mass is 10.1. The molecule has 1 heterocycles. The first-order valence-corrected chi connectivity index (χ1v) is 6.26. The largest absolute Gasteiger partial charge is 0.479 e. The van der Waals surface area contributed by atoms with Crippen LogP contribution in [0.5, 0.6) is 0 Å². The summed E-state index contributed by atoms with van der Waals surface area (Å²) in [5.74, 6) is -1.72. The van der Waals surface area contributed by atoms with Crippen molar-refractivity contribution in [3.8, 4) is 0 Å². The number of carbonyl (C=O) groups excluding carboxylic acids is 1. The number of rotatable bonds is 4. The lowest BCUT2D eigenvalue weighted by Gasteiger charge is -2.12. The fourth-order valence-corrected chi connectivity index (χ4v) is 2.14. The Morgan fingerprint density at radius 3 is 2.35 bits per heavy atom. The van der Waals surface area contributed by atoms with Gasteiger partial charge in [-0.2, -0.15) is 0 Å². The molecule has 1 aromatic carbocycles. The third-order valence-electron chi connectivity index (χ3n) is 2.47. The van der Waals surface area contributed by atoms with Gasteiger partial charge in [-0.3, -0.25) is 4.79 Å². The molecule has 20 heavy (non-hydrogen) atoms. The molecule has 2 aromatic rings. The Morgan fingerprint density at radius 2 is 1.85 bits per heavy atom. The second kappa shape index (κ2) is 5.98. The van der Waals surface area contributed by atoms with Crippen LogP contribution >= 0.6 is 23.2 Å². The van der Waals surface area contributed by atoms with Gasteiger partial charge < -0.3 is 14.8 Å². The normalized spacial score (nSPS) is 11.9. The number of carbonyl (C=O) groups is 2. The third-order valence-corrected chi connectivity index (χ3v) is 2.91. The molecule has 2 N–H and O–H groups in total. The molecule has 1 unspecified atom stereocenters. The van der Waals surface area contributed by atoms with Crippen LogP contribution in [0.25, 0.3) is 0 Å². The van der Waals surface area contributed by atoms with Crippen LogP contribution in [-0.4, -0.2) is 17.0 Å². The van der Waals surface area contributed by atoms with Crippen molar-refractivity contribution in [2.24, 2.45) is 0 Å². The molecule has 0 saturated carbocycles. The lowest BCUT2D eigenvalue weighted by Crippen LogP contribution is -2.33. The van der Waals surface area contributed by atoms with Crippen molar-refractivity contribution in [3.63, 3.8) is 0 Å². The number of hydrogen-bond donors (Lipinski definition) is 2. The summed E-state index contributed by atoms with van der Waals surface area (Å²) in [5, 5.41) is 12.0. The Hall–Kier alpha value is -1.98. The van der Waals surface area contributed by atoms with E-state index >= 15 is 0 Å². The van der Waals surface area contributed by atoms with Crippen molar-refractivity contribution in [2.75, 3.05) is 0 Å². The highest BCUT2D eigenvalue weighted by atomic mass is 35.5. The van der Waals surface area contributed by atoms with Gasteiger partial charge in [-0.05, 0) is 30.3 Å². The number of benzene rings is 1. The number of aliphatic carboxylic acids is 1. The van der Waals surface area contributed by atoms with E-state index in [1.807, 2.05) is 0 Å². The predicted molar refractivity (Wildman–Crippen MR) is 73.0 cm³/mol. The third kappa shape index (κ3) is 3.31. The van der Waals surface area contributed by atoms with Crippen LogP contribution in [0.15, 0.2) is 41.0 Å². The Bertz CT molecular complexity index is 620. The Morgan fingerprint density at radius 1 is 1.20 bits per heavy atom. The highest BCUT2D eigenvalue weighted by Crippen LogP contribution is 2.20. The molecule has 0 aliphatic heterocycles. The summed E-state index contributed by atoms with van der Waals surface area (Å²) in [5.41, 5.74) is 0.167. The van der Waals surface area contributed by atoms with Gasteiger partial charge >= 0.3 is 5.97 Å². The van der Waals surface area contributed by atoms with Crippen molar-refractivity contribution in [2.45, 2.75) is 6.04 Å². The SMILES string of the molecule is O=C(NC(C(=O)O)c1ccco1)c1cc(Cl)cc(Cl)c1. The fraction of sp³-hybridized carbons (Fsp3) is 0.0769. The van der Waals surface area contributed by atoms with Gasteiger partial charge in [0.25, 0.3) is 5.91 Å². The van der Waals surface area contributed by atoms with Crippen molar-refractivity contribution >= 4 is 35.1 Å². The van der Waals surface area contributed by atoms with Gasteiger partial charge in [0, 0.05) is 15.6 Å². The zero-order valence-corrected chi connectivity index (χ0v) is 11.5. The first-order valence-electron chi connectivity index (χ1n) is 5.50. The van der Waals surface area contributed by atoms with Crippen LogP contribution in [0.2, 0.25) is 10.0 Å². The van der Waals surface area contributed by atoms with E-state index in [0.717, 1.165) is 0 Å². The van der Waals surface area contributed by atoms with E-state index in [0.29, 0.717) is 0 Å². The van der Waals surface area contributed by atoms with Gasteiger partial charge in [-0.25, -0.2) is 4.79 Å². The minimum absolute atomic E-state index is 0.124. The van der Waals surface area contributed by atoms with Gasteiger partial charge in [0.05, 0.1) is 6.26 Å². The first kappa shape index (κ1) is 14.4. The van der Waals surface area contributed by atoms with Gasteiger partial charge in [0.15, 0.2) is 6.04 Å². The highest BCUT2D eigenvalue weighted by molar-refractivity contribution is 6.35. The maximum Gasteiger partial charge on any atom is 0.334 e. The summed E-state index contributed by atoms with van der Waals surface area (Å²) in [6.45, 7) is 0. The summed E-state index contributed by atoms with van der Waals surface area (Å²) in [4.78, 5) is 23.2. The standard InChI is InChI=1S/C13H9Cl2NO4/c14-8-4-7(5-9(15)6-8)12(17)16-11(13(18)19)10-2-1-3-20-10/h1-6,11H,(H,16,17)(H,18,19). The monoisotopic (exact) mass is 313 g/mol. The van der Waals surface area contributed by atoms with Gasteiger partial charge in [-0.1, -0.05) is 23.2 Å². The van der Waals surface area contributed by atoms with E-state index in [1.54, 1.807) is 0 Å². The quantitative estimate of drug-likeness (QED) is 0.908. The average molecular weight is 314 g/mol. The Kier molecular flexibility index (Phi) is 4.32. The maximum atomic E-state index is 12.0. The number of carboxylic acid groups (broad SMARTS) is 1. The molecule has 0 fully saturated rings. The number of nitrogens with one attached hydrogen (secondary N) is 1. The van der Waals surface area contributed by atoms with E-state index in [1.165, 1.54) is 36.6 Å². The molecule has 1 atom stereocenters. The second-order valence-corrected chi connectivity index (χ2v) is 4.79. The highest BCUT2D eigenvalue weighted by Gasteiger charge is 2.25. The summed E-state index contributed by atoms with van der Waals surface area (Å²) in [7, 11) is 0. The van der Waals surface area contributed by atoms with E-state index in [-0.39, 0.29) is 21.4 Å². The molecular weight excluding hydrogens is 305 g/mol. The van der Waals surface area contributed by atoms with Crippen LogP contribution in [0.4, 0.5) is 0 Å². The number of carboxylic acids is 1. The molecular formula is C13H9Cl2NO4. The maximum absolute atomic E-state index is 12.0. The Balaban J connectivity index is 2.23. The minimum atomic E-state index is -1.28. The van der Waals surface area contributed by atoms with Crippen LogP contribution in [0.1, 0.15) is 22.2 Å². The molecule has 7 heteroatoms. The van der Waals surface area contributed by atoms with Crippen LogP contribution in [0, 0.1) is 0 Å². The molecule has 0 aliphatic carbocycles. The lowest BCUT2D eigenvalue weighted by molar-refractivity contribution is -0.139. The smallest absolute Gasteiger partial charge is 0.334 e. The van der Waals surface area contributed by atoms with Gasteiger partial charge in [0.2, 0.25) is 0 Å². The summed E-state index contributed by atoms with van der Waals surface area (Å²) >= 11 is 11.6. The summed E-state index contributed by atoms with van der Waals surface area (Å²) in [6, 6.07) is 5.97. The van der Waals surface area contributed by atoms with Crippen LogP contribution in [-0.2, 0) is 4.79 Å². The van der Waals surface area contributed by atoms with Crippen molar-refractivity contribution in [1.82, 2.24) is 5.32 Å². The average Bonchev–Trinajstić information content (AvgIpc) is 2.87. The van der Waals surface area contributed by atoms with Gasteiger partial charge in [0.1, 0.15) is 5.76 Å². The molecule has 2 rings (SSSR count). The molecule has 1 amide bonds. The van der Waals surface area contributed by atoms with Crippen molar-refractivity contribution in [3.05, 3.63) is 58.0 Å².